The van der Waals surface area contributed by atoms with Gasteiger partial charge < -0.3 is 4.74 Å². The lowest BCUT2D eigenvalue weighted by Crippen LogP contribution is -1.90. The second kappa shape index (κ2) is 8.45. The van der Waals surface area contributed by atoms with Gasteiger partial charge in [0.1, 0.15) is 15.8 Å². The van der Waals surface area contributed by atoms with Crippen molar-refractivity contribution in [3.05, 3.63) is 68.8 Å². The van der Waals surface area contributed by atoms with Crippen molar-refractivity contribution in [3.63, 3.8) is 0 Å². The number of aliphatic imine (C=N–C) groups is 1. The van der Waals surface area contributed by atoms with Gasteiger partial charge in [-0.25, -0.2) is 4.99 Å². The molecule has 0 unspecified atom stereocenters. The van der Waals surface area contributed by atoms with Gasteiger partial charge in [-0.3, -0.25) is 4.79 Å². The molecule has 1 aliphatic rings. The minimum absolute atomic E-state index is 0.0478. The Hall–Kier alpha value is -1.21. The van der Waals surface area contributed by atoms with Gasteiger partial charge in [0.15, 0.2) is 0 Å². The molecule has 1 heterocycles. The number of methoxy groups -OCH3 is 1. The zero-order valence-corrected chi connectivity index (χ0v) is 17.1. The van der Waals surface area contributed by atoms with Gasteiger partial charge in [-0.15, -0.1) is 0 Å². The van der Waals surface area contributed by atoms with E-state index in [9.17, 15) is 4.79 Å². The molecule has 7 heteroatoms. The molecule has 0 bridgehead atoms. The standard InChI is InChI=1S/C18H13BrClNO2S2/c1-23-14-6-7-15(19)12(8-14)9-16-17(22)25-18(21-16)24-10-11-2-4-13(20)5-3-11/h2-9H,10H2,1H3/b16-9-. The zero-order valence-electron chi connectivity index (χ0n) is 13.2. The lowest BCUT2D eigenvalue weighted by Gasteiger charge is -2.03. The van der Waals surface area contributed by atoms with E-state index in [1.54, 1.807) is 24.9 Å². The highest BCUT2D eigenvalue weighted by atomic mass is 79.9. The maximum atomic E-state index is 12.2. The number of thioether (sulfide) groups is 2. The molecular weight excluding hydrogens is 442 g/mol. The minimum Gasteiger partial charge on any atom is -0.497 e. The summed E-state index contributed by atoms with van der Waals surface area (Å²) in [5, 5.41) is 0.666. The highest BCUT2D eigenvalue weighted by Gasteiger charge is 2.22. The Balaban J connectivity index is 1.74. The maximum Gasteiger partial charge on any atom is 0.244 e. The fourth-order valence-corrected chi connectivity index (χ4v) is 4.37. The molecule has 0 spiro atoms. The SMILES string of the molecule is COc1ccc(Br)c(/C=C2\N=C(SCc3ccc(Cl)cc3)SC2=O)c1. The van der Waals surface area contributed by atoms with E-state index in [-0.39, 0.29) is 5.12 Å². The van der Waals surface area contributed by atoms with Crippen molar-refractivity contribution in [1.29, 1.82) is 0 Å². The van der Waals surface area contributed by atoms with Crippen LogP contribution in [0.1, 0.15) is 11.1 Å². The van der Waals surface area contributed by atoms with Crippen LogP contribution < -0.4 is 4.74 Å². The van der Waals surface area contributed by atoms with Crippen LogP contribution in [0.2, 0.25) is 5.02 Å². The number of carbonyl (C=O) groups is 1. The van der Waals surface area contributed by atoms with E-state index < -0.39 is 0 Å². The van der Waals surface area contributed by atoms with Gasteiger partial charge in [-0.2, -0.15) is 0 Å². The molecule has 0 saturated carbocycles. The molecule has 0 N–H and O–H groups in total. The van der Waals surface area contributed by atoms with Crippen LogP contribution >= 0.6 is 51.1 Å². The maximum absolute atomic E-state index is 12.2. The average Bonchev–Trinajstić information content (AvgIpc) is 2.96. The van der Waals surface area contributed by atoms with Gasteiger partial charge in [0.25, 0.3) is 0 Å². The minimum atomic E-state index is -0.0478. The smallest absolute Gasteiger partial charge is 0.244 e. The van der Waals surface area contributed by atoms with Crippen molar-refractivity contribution >= 4 is 66.6 Å². The predicted octanol–water partition coefficient (Wildman–Crippen LogP) is 6.01. The number of benzene rings is 2. The summed E-state index contributed by atoms with van der Waals surface area (Å²) in [6, 6.07) is 13.3. The van der Waals surface area contributed by atoms with Crippen LogP contribution in [0.25, 0.3) is 6.08 Å². The number of hydrogen-bond acceptors (Lipinski definition) is 5. The van der Waals surface area contributed by atoms with Crippen LogP contribution in [0.5, 0.6) is 5.75 Å². The van der Waals surface area contributed by atoms with Gasteiger partial charge in [0.05, 0.1) is 7.11 Å². The number of hydrogen-bond donors (Lipinski definition) is 0. The van der Waals surface area contributed by atoms with Gasteiger partial charge in [0, 0.05) is 15.2 Å². The third kappa shape index (κ3) is 4.91. The lowest BCUT2D eigenvalue weighted by molar-refractivity contribution is -0.107. The van der Waals surface area contributed by atoms with Gasteiger partial charge in [-0.05, 0) is 59.3 Å². The molecular formula is C18H13BrClNO2S2. The first-order valence-corrected chi connectivity index (χ1v) is 10.3. The van der Waals surface area contributed by atoms with Crippen LogP contribution in [0.15, 0.2) is 57.6 Å². The number of nitrogens with zero attached hydrogens (tertiary/aromatic N) is 1. The van der Waals surface area contributed by atoms with E-state index in [1.165, 1.54) is 0 Å². The van der Waals surface area contributed by atoms with Crippen LogP contribution in [0.3, 0.4) is 0 Å². The van der Waals surface area contributed by atoms with E-state index in [0.29, 0.717) is 10.7 Å². The van der Waals surface area contributed by atoms with Gasteiger partial charge in [0.2, 0.25) is 5.12 Å². The highest BCUT2D eigenvalue weighted by Crippen LogP contribution is 2.34. The second-order valence-corrected chi connectivity index (χ2v) is 8.57. The molecule has 25 heavy (non-hydrogen) atoms. The van der Waals surface area contributed by atoms with Crippen LogP contribution in [-0.2, 0) is 10.5 Å². The number of ether oxygens (including phenoxy) is 1. The van der Waals surface area contributed by atoms with Crippen molar-refractivity contribution in [2.24, 2.45) is 4.99 Å². The van der Waals surface area contributed by atoms with E-state index in [2.05, 4.69) is 20.9 Å². The summed E-state index contributed by atoms with van der Waals surface area (Å²) in [5.41, 5.74) is 2.44. The molecule has 0 atom stereocenters. The molecule has 0 amide bonds. The molecule has 128 valence electrons. The van der Waals surface area contributed by atoms with E-state index in [4.69, 9.17) is 16.3 Å². The Kier molecular flexibility index (Phi) is 6.28. The van der Waals surface area contributed by atoms with E-state index in [1.807, 2.05) is 42.5 Å². The monoisotopic (exact) mass is 453 g/mol. The topological polar surface area (TPSA) is 38.7 Å². The summed E-state index contributed by atoms with van der Waals surface area (Å²) in [5.74, 6) is 1.47. The molecule has 0 fully saturated rings. The number of carbonyl (C=O) groups excluding carboxylic acids is 1. The first-order valence-electron chi connectivity index (χ1n) is 7.28. The Labute approximate surface area is 168 Å². The normalized spacial score (nSPS) is 15.6. The lowest BCUT2D eigenvalue weighted by atomic mass is 10.2. The van der Waals surface area contributed by atoms with Crippen molar-refractivity contribution in [2.45, 2.75) is 5.75 Å². The van der Waals surface area contributed by atoms with Crippen LogP contribution in [-0.4, -0.2) is 16.6 Å². The van der Waals surface area contributed by atoms with Crippen molar-refractivity contribution < 1.29 is 9.53 Å². The van der Waals surface area contributed by atoms with Crippen molar-refractivity contribution in [2.75, 3.05) is 7.11 Å². The molecule has 1 aliphatic heterocycles. The van der Waals surface area contributed by atoms with Crippen LogP contribution in [0, 0.1) is 0 Å². The molecule has 0 saturated heterocycles. The summed E-state index contributed by atoms with van der Waals surface area (Å²) in [6.07, 6.45) is 1.78. The summed E-state index contributed by atoms with van der Waals surface area (Å²) >= 11 is 12.1. The van der Waals surface area contributed by atoms with Gasteiger partial charge in [-0.1, -0.05) is 51.4 Å². The van der Waals surface area contributed by atoms with Crippen LogP contribution in [0.4, 0.5) is 0 Å². The summed E-state index contributed by atoms with van der Waals surface area (Å²) in [6.45, 7) is 0. The molecule has 0 radical (unpaired) electrons. The second-order valence-electron chi connectivity index (χ2n) is 5.10. The molecule has 0 aliphatic carbocycles. The first-order chi connectivity index (χ1) is 12.0. The molecule has 3 rings (SSSR count). The number of halogens is 2. The Morgan fingerprint density at radius 1 is 1.28 bits per heavy atom. The predicted molar refractivity (Wildman–Crippen MR) is 111 cm³/mol. The van der Waals surface area contributed by atoms with E-state index >= 15 is 0 Å². The average molecular weight is 455 g/mol. The largest absolute Gasteiger partial charge is 0.497 e. The molecule has 2 aromatic carbocycles. The fourth-order valence-electron chi connectivity index (χ4n) is 2.08. The summed E-state index contributed by atoms with van der Waals surface area (Å²) < 4.78 is 6.87. The molecule has 2 aromatic rings. The zero-order chi connectivity index (χ0) is 17.8. The first kappa shape index (κ1) is 18.6. The molecule has 3 nitrogen and oxygen atoms in total. The van der Waals surface area contributed by atoms with Crippen molar-refractivity contribution in [3.8, 4) is 5.75 Å². The van der Waals surface area contributed by atoms with E-state index in [0.717, 1.165) is 43.2 Å². The van der Waals surface area contributed by atoms with Gasteiger partial charge >= 0.3 is 0 Å². The quantitative estimate of drug-likeness (QED) is 0.530. The Bertz CT molecular complexity index is 866. The Morgan fingerprint density at radius 3 is 2.76 bits per heavy atom. The summed E-state index contributed by atoms with van der Waals surface area (Å²) in [4.78, 5) is 16.7. The Morgan fingerprint density at radius 2 is 2.04 bits per heavy atom. The third-order valence-corrected chi connectivity index (χ3v) is 6.43. The fraction of sp³-hybridized carbons (Fsp3) is 0.111. The third-order valence-electron chi connectivity index (χ3n) is 3.37. The highest BCUT2D eigenvalue weighted by molar-refractivity contribution is 9.10. The number of rotatable bonds is 4. The van der Waals surface area contributed by atoms with Crippen molar-refractivity contribution in [1.82, 2.24) is 0 Å². The molecule has 0 aromatic heterocycles. The summed E-state index contributed by atoms with van der Waals surface area (Å²) in [7, 11) is 1.61.